The molecule has 0 atom stereocenters. The van der Waals surface area contributed by atoms with Crippen molar-refractivity contribution >= 4 is 0 Å². The van der Waals surface area contributed by atoms with Crippen molar-refractivity contribution in [1.29, 1.82) is 0 Å². The van der Waals surface area contributed by atoms with Gasteiger partial charge in [-0.05, 0) is 45.6 Å². The van der Waals surface area contributed by atoms with Crippen molar-refractivity contribution in [3.63, 3.8) is 0 Å². The molecule has 0 aromatic heterocycles. The van der Waals surface area contributed by atoms with Gasteiger partial charge >= 0.3 is 21.2 Å². The first-order chi connectivity index (χ1) is 11.3. The fourth-order valence-electron chi connectivity index (χ4n) is 3.39. The molecule has 0 bridgehead atoms. The Morgan fingerprint density at radius 2 is 1.08 bits per heavy atom. The summed E-state index contributed by atoms with van der Waals surface area (Å²) >= 11 is -0.174. The van der Waals surface area contributed by atoms with E-state index in [-0.39, 0.29) is 37.5 Å². The Morgan fingerprint density at radius 1 is 0.560 bits per heavy atom. The SMILES string of the molecule is CC(C)(C)c1ccc([I+]c2ccccc2)c(C(C)(C)C)c1C(C)(C)C. The van der Waals surface area contributed by atoms with Crippen molar-refractivity contribution in [2.24, 2.45) is 0 Å². The predicted octanol–water partition coefficient (Wildman–Crippen LogP) is 3.71. The van der Waals surface area contributed by atoms with Crippen molar-refractivity contribution in [1.82, 2.24) is 0 Å². The van der Waals surface area contributed by atoms with Crippen molar-refractivity contribution in [3.8, 4) is 0 Å². The molecule has 0 fully saturated rings. The zero-order valence-electron chi connectivity index (χ0n) is 17.4. The molecule has 0 N–H and O–H groups in total. The van der Waals surface area contributed by atoms with Gasteiger partial charge < -0.3 is 0 Å². The third-order valence-electron chi connectivity index (χ3n) is 4.41. The zero-order valence-corrected chi connectivity index (χ0v) is 19.6. The van der Waals surface area contributed by atoms with Gasteiger partial charge in [-0.2, -0.15) is 0 Å². The van der Waals surface area contributed by atoms with Crippen LogP contribution in [-0.4, -0.2) is 0 Å². The average Bonchev–Trinajstić information content (AvgIpc) is 2.44. The Labute approximate surface area is 165 Å². The molecule has 0 heterocycles. The van der Waals surface area contributed by atoms with E-state index in [4.69, 9.17) is 0 Å². The Kier molecular flexibility index (Phi) is 5.78. The van der Waals surface area contributed by atoms with E-state index in [9.17, 15) is 0 Å². The Bertz CT molecular complexity index is 720. The van der Waals surface area contributed by atoms with Gasteiger partial charge in [0.1, 0.15) is 0 Å². The molecular weight excluding hydrogens is 415 g/mol. The smallest absolute Gasteiger partial charge is 0.0619 e. The fraction of sp³-hybridized carbons (Fsp3) is 0.500. The van der Waals surface area contributed by atoms with Crippen LogP contribution in [0.5, 0.6) is 0 Å². The lowest BCUT2D eigenvalue weighted by Gasteiger charge is -2.36. The Hall–Kier alpha value is -0.830. The van der Waals surface area contributed by atoms with E-state index >= 15 is 0 Å². The van der Waals surface area contributed by atoms with Crippen LogP contribution in [0.1, 0.15) is 79.0 Å². The van der Waals surface area contributed by atoms with E-state index in [1.807, 2.05) is 0 Å². The number of hydrogen-bond acceptors (Lipinski definition) is 0. The molecule has 2 aromatic carbocycles. The van der Waals surface area contributed by atoms with Crippen LogP contribution in [-0.2, 0) is 16.2 Å². The van der Waals surface area contributed by atoms with Gasteiger partial charge in [0.2, 0.25) is 0 Å². The molecule has 136 valence electrons. The van der Waals surface area contributed by atoms with E-state index in [0.717, 1.165) is 0 Å². The number of benzene rings is 2. The second-order valence-corrected chi connectivity index (χ2v) is 12.9. The van der Waals surface area contributed by atoms with Gasteiger partial charge in [0.25, 0.3) is 0 Å². The Morgan fingerprint density at radius 3 is 1.52 bits per heavy atom. The highest BCUT2D eigenvalue weighted by Gasteiger charge is 2.37. The molecule has 2 aromatic rings. The first-order valence-corrected chi connectivity index (χ1v) is 11.4. The third kappa shape index (κ3) is 4.87. The second-order valence-electron chi connectivity index (χ2n) is 9.99. The molecule has 0 unspecified atom stereocenters. The van der Waals surface area contributed by atoms with Crippen LogP contribution in [0, 0.1) is 7.14 Å². The largest absolute Gasteiger partial charge is 0.358 e. The van der Waals surface area contributed by atoms with E-state index in [0.29, 0.717) is 0 Å². The highest BCUT2D eigenvalue weighted by Crippen LogP contribution is 2.40. The van der Waals surface area contributed by atoms with Crippen molar-refractivity contribution in [3.05, 3.63) is 66.3 Å². The van der Waals surface area contributed by atoms with Crippen molar-refractivity contribution < 1.29 is 21.2 Å². The quantitative estimate of drug-likeness (QED) is 0.614. The maximum atomic E-state index is 2.43. The molecule has 2 rings (SSSR count). The maximum absolute atomic E-state index is 2.43. The molecule has 0 nitrogen and oxygen atoms in total. The lowest BCUT2D eigenvalue weighted by molar-refractivity contribution is -0.598. The first kappa shape index (κ1) is 20.5. The summed E-state index contributed by atoms with van der Waals surface area (Å²) in [5, 5.41) is 0. The van der Waals surface area contributed by atoms with Crippen LogP contribution >= 0.6 is 0 Å². The van der Waals surface area contributed by atoms with Crippen LogP contribution < -0.4 is 21.2 Å². The van der Waals surface area contributed by atoms with Gasteiger partial charge in [-0.15, -0.1) is 0 Å². The topological polar surface area (TPSA) is 0 Å². The van der Waals surface area contributed by atoms with Gasteiger partial charge in [-0.3, -0.25) is 0 Å². The van der Waals surface area contributed by atoms with Crippen LogP contribution in [0.2, 0.25) is 0 Å². The highest BCUT2D eigenvalue weighted by molar-refractivity contribution is 5.46. The molecule has 0 spiro atoms. The first-order valence-electron chi connectivity index (χ1n) is 9.20. The molecule has 0 aliphatic carbocycles. The highest BCUT2D eigenvalue weighted by atomic mass is 127. The number of rotatable bonds is 2. The molecule has 0 aliphatic heterocycles. The van der Waals surface area contributed by atoms with E-state index in [1.54, 1.807) is 14.7 Å². The molecule has 0 amide bonds. The standard InChI is InChI=1S/C24H34I/c1-22(2,3)18-15-16-19(25-17-13-11-10-12-14-17)21(24(7,8)9)20(18)23(4,5)6/h10-16H,1-9H3/q+1. The predicted molar refractivity (Wildman–Crippen MR) is 106 cm³/mol. The molecule has 1 heteroatoms. The van der Waals surface area contributed by atoms with Gasteiger partial charge in [-0.25, -0.2) is 0 Å². The monoisotopic (exact) mass is 449 g/mol. The molecule has 0 saturated heterocycles. The molecular formula is C24H34I+. The molecule has 0 aliphatic rings. The normalized spacial score (nSPS) is 13.2. The minimum Gasteiger partial charge on any atom is -0.0619 e. The minimum absolute atomic E-state index is 0.141. The van der Waals surface area contributed by atoms with Crippen LogP contribution in [0.25, 0.3) is 0 Å². The van der Waals surface area contributed by atoms with Crippen molar-refractivity contribution in [2.45, 2.75) is 78.6 Å². The zero-order chi connectivity index (χ0) is 19.0. The third-order valence-corrected chi connectivity index (χ3v) is 7.23. The summed E-state index contributed by atoms with van der Waals surface area (Å²) in [5.74, 6) is 0. The Balaban J connectivity index is 2.78. The average molecular weight is 449 g/mol. The number of halogens is 1. The van der Waals surface area contributed by atoms with Crippen LogP contribution in [0.3, 0.4) is 0 Å². The lowest BCUT2D eigenvalue weighted by atomic mass is 9.69. The molecule has 0 radical (unpaired) electrons. The van der Waals surface area contributed by atoms with Gasteiger partial charge in [0.05, 0.1) is 0 Å². The summed E-state index contributed by atoms with van der Waals surface area (Å²) in [6.07, 6.45) is 0. The minimum atomic E-state index is -0.174. The summed E-state index contributed by atoms with van der Waals surface area (Å²) in [6.45, 7) is 21.3. The van der Waals surface area contributed by atoms with Gasteiger partial charge in [-0.1, -0.05) is 86.6 Å². The van der Waals surface area contributed by atoms with E-state index in [2.05, 4.69) is 105 Å². The summed E-state index contributed by atoms with van der Waals surface area (Å²) in [6, 6.07) is 15.9. The van der Waals surface area contributed by atoms with Crippen LogP contribution in [0.15, 0.2) is 42.5 Å². The van der Waals surface area contributed by atoms with Gasteiger partial charge in [0.15, 0.2) is 7.14 Å². The van der Waals surface area contributed by atoms with E-state index in [1.165, 1.54) is 9.13 Å². The van der Waals surface area contributed by atoms with E-state index < -0.39 is 0 Å². The lowest BCUT2D eigenvalue weighted by Crippen LogP contribution is -3.61. The van der Waals surface area contributed by atoms with Gasteiger partial charge in [0, 0.05) is 5.56 Å². The summed E-state index contributed by atoms with van der Waals surface area (Å²) < 4.78 is 3.07. The van der Waals surface area contributed by atoms with Crippen molar-refractivity contribution in [2.75, 3.05) is 0 Å². The summed E-state index contributed by atoms with van der Waals surface area (Å²) in [7, 11) is 0. The summed E-state index contributed by atoms with van der Waals surface area (Å²) in [4.78, 5) is 0. The fourth-order valence-corrected chi connectivity index (χ4v) is 6.54. The van der Waals surface area contributed by atoms with Crippen LogP contribution in [0.4, 0.5) is 0 Å². The molecule has 25 heavy (non-hydrogen) atoms. The maximum Gasteiger partial charge on any atom is 0.358 e. The molecule has 0 saturated carbocycles. The second kappa shape index (κ2) is 7.06. The number of hydrogen-bond donors (Lipinski definition) is 0. The summed E-state index contributed by atoms with van der Waals surface area (Å²) in [5.41, 5.74) is 5.11.